The van der Waals surface area contributed by atoms with E-state index in [-0.39, 0.29) is 17.9 Å². The topological polar surface area (TPSA) is 72.9 Å². The van der Waals surface area contributed by atoms with Crippen LogP contribution in [0.3, 0.4) is 0 Å². The van der Waals surface area contributed by atoms with Crippen LogP contribution in [0.25, 0.3) is 11.3 Å². The van der Waals surface area contributed by atoms with Gasteiger partial charge >= 0.3 is 0 Å². The van der Waals surface area contributed by atoms with Crippen LogP contribution < -0.4 is 19.5 Å². The van der Waals surface area contributed by atoms with Gasteiger partial charge in [0.05, 0.1) is 19.8 Å². The molecule has 2 heterocycles. The minimum atomic E-state index is -0.148. The highest BCUT2D eigenvalue weighted by molar-refractivity contribution is 5.95. The summed E-state index contributed by atoms with van der Waals surface area (Å²) in [7, 11) is 5.59. The zero-order chi connectivity index (χ0) is 33.5. The number of carbonyl (C=O) groups is 1. The molecule has 7 nitrogen and oxygen atoms in total. The standard InChI is InChI=1S/C29H32N2O4.C5H11N.C2H6.C2H2/c1-17-5-7-20(8-6-17)27-28-23(19(3)16-34-28)14-24(31-27)18(2)15-30-29(32)21-9-12-25(26(13-21)33-4)35-22-10-11-22;1-4-5-6(2)3;2*1-2/h5-9,12-14,18-19,22H,10-11,15-16H2,1-4H3,(H,30,32);4-5H,1-3H3;1-2H3;1-2H/b;5-4-;;. The summed E-state index contributed by atoms with van der Waals surface area (Å²) in [5, 5.41) is 3.06. The van der Waals surface area contributed by atoms with Crippen molar-refractivity contribution in [3.05, 3.63) is 83.2 Å². The fourth-order valence-electron chi connectivity index (χ4n) is 4.57. The third kappa shape index (κ3) is 10.6. The number of allylic oxidation sites excluding steroid dienone is 1. The highest BCUT2D eigenvalue weighted by Gasteiger charge is 2.28. The Morgan fingerprint density at radius 1 is 1.11 bits per heavy atom. The monoisotopic (exact) mass is 613 g/mol. The van der Waals surface area contributed by atoms with E-state index in [4.69, 9.17) is 19.2 Å². The first-order valence-corrected chi connectivity index (χ1v) is 15.7. The average Bonchev–Trinajstić information content (AvgIpc) is 3.81. The summed E-state index contributed by atoms with van der Waals surface area (Å²) in [4.78, 5) is 19.9. The molecule has 1 N–H and O–H groups in total. The Balaban J connectivity index is 0.000000625. The van der Waals surface area contributed by atoms with Crippen LogP contribution in [-0.4, -0.2) is 56.3 Å². The van der Waals surface area contributed by atoms with Crippen LogP contribution in [-0.2, 0) is 0 Å². The zero-order valence-electron chi connectivity index (χ0n) is 28.5. The number of aryl methyl sites for hydroxylation is 1. The van der Waals surface area contributed by atoms with Gasteiger partial charge in [0.2, 0.25) is 0 Å². The molecular formula is C38H51N3O4. The summed E-state index contributed by atoms with van der Waals surface area (Å²) < 4.78 is 17.3. The van der Waals surface area contributed by atoms with Crippen LogP contribution in [0.15, 0.2) is 60.8 Å². The van der Waals surface area contributed by atoms with Crippen molar-refractivity contribution in [3.63, 3.8) is 0 Å². The summed E-state index contributed by atoms with van der Waals surface area (Å²) in [6.07, 6.45) is 14.4. The number of terminal acetylenes is 1. The van der Waals surface area contributed by atoms with Crippen molar-refractivity contribution >= 4 is 5.91 Å². The number of nitrogens with one attached hydrogen (secondary N) is 1. The molecule has 7 heteroatoms. The number of ether oxygens (including phenoxy) is 3. The lowest BCUT2D eigenvalue weighted by Gasteiger charge is -2.17. The Morgan fingerprint density at radius 2 is 1.78 bits per heavy atom. The number of benzene rings is 2. The van der Waals surface area contributed by atoms with Gasteiger partial charge in [0.25, 0.3) is 5.91 Å². The number of hydrogen-bond acceptors (Lipinski definition) is 6. The molecule has 1 amide bonds. The molecule has 3 aromatic rings. The first-order chi connectivity index (χ1) is 21.7. The van der Waals surface area contributed by atoms with E-state index in [1.165, 1.54) is 11.1 Å². The van der Waals surface area contributed by atoms with Gasteiger partial charge in [-0.1, -0.05) is 63.6 Å². The van der Waals surface area contributed by atoms with Crippen molar-refractivity contribution in [3.8, 4) is 41.4 Å². The van der Waals surface area contributed by atoms with Gasteiger partial charge in [-0.15, -0.1) is 12.8 Å². The number of carbonyl (C=O) groups excluding carboxylic acids is 1. The van der Waals surface area contributed by atoms with Crippen molar-refractivity contribution in [2.24, 2.45) is 0 Å². The molecular weight excluding hydrogens is 562 g/mol. The summed E-state index contributed by atoms with van der Waals surface area (Å²) in [5.74, 6) is 2.32. The first kappa shape index (κ1) is 36.8. The van der Waals surface area contributed by atoms with Crippen molar-refractivity contribution in [1.29, 1.82) is 0 Å². The van der Waals surface area contributed by atoms with Gasteiger partial charge < -0.3 is 24.4 Å². The first-order valence-electron chi connectivity index (χ1n) is 15.7. The minimum absolute atomic E-state index is 0.0283. The predicted octanol–water partition coefficient (Wildman–Crippen LogP) is 7.99. The number of methoxy groups -OCH3 is 1. The molecule has 5 rings (SSSR count). The second-order valence-corrected chi connectivity index (χ2v) is 11.1. The molecule has 1 aliphatic carbocycles. The third-order valence-electron chi connectivity index (χ3n) is 7.12. The molecule has 0 saturated heterocycles. The number of amides is 1. The Hall–Kier alpha value is -4.44. The Morgan fingerprint density at radius 3 is 2.33 bits per heavy atom. The largest absolute Gasteiger partial charge is 0.493 e. The van der Waals surface area contributed by atoms with E-state index in [9.17, 15) is 4.79 Å². The van der Waals surface area contributed by atoms with Crippen LogP contribution in [0.5, 0.6) is 17.2 Å². The van der Waals surface area contributed by atoms with E-state index in [1.54, 1.807) is 19.2 Å². The number of aromatic nitrogens is 1. The van der Waals surface area contributed by atoms with Crippen LogP contribution in [0, 0.1) is 19.8 Å². The Bertz CT molecular complexity index is 1410. The molecule has 45 heavy (non-hydrogen) atoms. The number of pyridine rings is 1. The van der Waals surface area contributed by atoms with Gasteiger partial charge in [-0.25, -0.2) is 4.98 Å². The summed E-state index contributed by atoms with van der Waals surface area (Å²) >= 11 is 0. The van der Waals surface area contributed by atoms with Gasteiger partial charge in [-0.05, 0) is 57.2 Å². The van der Waals surface area contributed by atoms with Crippen LogP contribution in [0.2, 0.25) is 0 Å². The average molecular weight is 614 g/mol. The molecule has 1 aromatic heterocycles. The molecule has 0 radical (unpaired) electrons. The fourth-order valence-corrected chi connectivity index (χ4v) is 4.57. The molecule has 0 bridgehead atoms. The quantitative estimate of drug-likeness (QED) is 0.247. The number of fused-ring (bicyclic) bond motifs is 1. The second-order valence-electron chi connectivity index (χ2n) is 11.1. The Labute approximate surface area is 271 Å². The SMILES string of the molecule is C#C.C/C=C\N(C)C.CC.COc1cc(C(=O)NCC(C)c2cc3c(c(-c4ccc(C)cc4)n2)OCC3C)ccc1OC1CC1. The van der Waals surface area contributed by atoms with E-state index >= 15 is 0 Å². The highest BCUT2D eigenvalue weighted by atomic mass is 16.5. The molecule has 0 spiro atoms. The normalized spacial score (nSPS) is 15.0. The maximum atomic E-state index is 12.9. The van der Waals surface area contributed by atoms with Crippen LogP contribution in [0.1, 0.15) is 86.5 Å². The molecule has 1 fully saturated rings. The van der Waals surface area contributed by atoms with Crippen molar-refractivity contribution in [2.75, 3.05) is 34.4 Å². The third-order valence-corrected chi connectivity index (χ3v) is 7.12. The van der Waals surface area contributed by atoms with Gasteiger partial charge in [0.1, 0.15) is 11.4 Å². The highest BCUT2D eigenvalue weighted by Crippen LogP contribution is 2.42. The summed E-state index contributed by atoms with van der Waals surface area (Å²) in [6, 6.07) is 15.8. The maximum Gasteiger partial charge on any atom is 0.251 e. The van der Waals surface area contributed by atoms with Crippen LogP contribution >= 0.6 is 0 Å². The van der Waals surface area contributed by atoms with E-state index in [0.29, 0.717) is 36.1 Å². The van der Waals surface area contributed by atoms with Crippen molar-refractivity contribution in [2.45, 2.75) is 72.3 Å². The van der Waals surface area contributed by atoms with E-state index in [1.807, 2.05) is 58.1 Å². The lowest BCUT2D eigenvalue weighted by molar-refractivity contribution is 0.0951. The minimum Gasteiger partial charge on any atom is -0.493 e. The van der Waals surface area contributed by atoms with Gasteiger partial charge in [0.15, 0.2) is 11.5 Å². The van der Waals surface area contributed by atoms with Crippen LogP contribution in [0.4, 0.5) is 0 Å². The van der Waals surface area contributed by atoms with Crippen molar-refractivity contribution < 1.29 is 19.0 Å². The number of nitrogens with zero attached hydrogens (tertiary/aromatic N) is 2. The lowest BCUT2D eigenvalue weighted by atomic mass is 9.96. The summed E-state index contributed by atoms with van der Waals surface area (Å²) in [5.41, 5.74) is 5.79. The molecule has 1 saturated carbocycles. The van der Waals surface area contributed by atoms with E-state index in [2.05, 4.69) is 69.3 Å². The molecule has 2 aliphatic rings. The molecule has 2 unspecified atom stereocenters. The maximum absolute atomic E-state index is 12.9. The smallest absolute Gasteiger partial charge is 0.251 e. The number of rotatable bonds is 9. The predicted molar refractivity (Wildman–Crippen MR) is 185 cm³/mol. The van der Waals surface area contributed by atoms with Crippen molar-refractivity contribution in [1.82, 2.24) is 15.2 Å². The molecule has 242 valence electrons. The lowest BCUT2D eigenvalue weighted by Crippen LogP contribution is -2.28. The van der Waals surface area contributed by atoms with Gasteiger partial charge in [-0.3, -0.25) is 4.79 Å². The fraction of sp³-hybridized carbons (Fsp3) is 0.421. The van der Waals surface area contributed by atoms with Gasteiger partial charge in [0, 0.05) is 54.9 Å². The van der Waals surface area contributed by atoms with Gasteiger partial charge in [-0.2, -0.15) is 0 Å². The summed E-state index contributed by atoms with van der Waals surface area (Å²) in [6.45, 7) is 13.5. The Kier molecular flexibility index (Phi) is 15.0. The second kappa shape index (κ2) is 18.4. The molecule has 1 aliphatic heterocycles. The van der Waals surface area contributed by atoms with E-state index in [0.717, 1.165) is 35.5 Å². The number of hydrogen-bond donors (Lipinski definition) is 1. The molecule has 2 atom stereocenters. The van der Waals surface area contributed by atoms with E-state index < -0.39 is 0 Å². The zero-order valence-corrected chi connectivity index (χ0v) is 28.5. The molecule has 2 aromatic carbocycles.